The van der Waals surface area contributed by atoms with Gasteiger partial charge in [0.2, 0.25) is 0 Å². The van der Waals surface area contributed by atoms with Crippen molar-refractivity contribution in [1.29, 1.82) is 0 Å². The van der Waals surface area contributed by atoms with E-state index in [0.29, 0.717) is 46.7 Å². The van der Waals surface area contributed by atoms with Crippen molar-refractivity contribution in [1.82, 2.24) is 10.2 Å². The smallest absolute Gasteiger partial charge is 0.255 e. The maximum absolute atomic E-state index is 12.6. The lowest BCUT2D eigenvalue weighted by molar-refractivity contribution is 0.0933. The molecule has 10 heteroatoms. The summed E-state index contributed by atoms with van der Waals surface area (Å²) in [7, 11) is -0.0954. The van der Waals surface area contributed by atoms with Crippen LogP contribution in [0.15, 0.2) is 36.4 Å². The zero-order valence-electron chi connectivity index (χ0n) is 20.3. The number of rotatable bonds is 11. The third kappa shape index (κ3) is 8.02. The van der Waals surface area contributed by atoms with Gasteiger partial charge in [-0.3, -0.25) is 4.79 Å². The average Bonchev–Trinajstić information content (AvgIpc) is 2.84. The molecule has 0 atom stereocenters. The first-order chi connectivity index (χ1) is 16.7. The van der Waals surface area contributed by atoms with E-state index in [4.69, 9.17) is 26.8 Å². The van der Waals surface area contributed by atoms with Crippen LogP contribution in [0.5, 0.6) is 11.5 Å². The number of sulfone groups is 1. The van der Waals surface area contributed by atoms with Gasteiger partial charge in [-0.05, 0) is 68.6 Å². The summed E-state index contributed by atoms with van der Waals surface area (Å²) in [6.07, 6.45) is 2.49. The maximum atomic E-state index is 12.6. The highest BCUT2D eigenvalue weighted by atomic mass is 35.5. The first kappa shape index (κ1) is 27.1. The van der Waals surface area contributed by atoms with Crippen molar-refractivity contribution in [3.8, 4) is 11.5 Å². The molecule has 0 radical (unpaired) electrons. The van der Waals surface area contributed by atoms with Crippen LogP contribution >= 0.6 is 11.6 Å². The normalized spacial score (nSPS) is 15.1. The van der Waals surface area contributed by atoms with E-state index in [0.717, 1.165) is 38.0 Å². The number of methoxy groups -OCH3 is 2. The van der Waals surface area contributed by atoms with Crippen LogP contribution in [0.25, 0.3) is 0 Å². The van der Waals surface area contributed by atoms with Crippen LogP contribution < -0.4 is 20.5 Å². The highest BCUT2D eigenvalue weighted by Gasteiger charge is 2.22. The zero-order chi connectivity index (χ0) is 25.4. The Labute approximate surface area is 212 Å². The van der Waals surface area contributed by atoms with Crippen LogP contribution in [0.4, 0.5) is 5.69 Å². The van der Waals surface area contributed by atoms with Gasteiger partial charge in [-0.2, -0.15) is 0 Å². The van der Waals surface area contributed by atoms with Crippen LogP contribution in [0, 0.1) is 5.92 Å². The minimum Gasteiger partial charge on any atom is -0.497 e. The minimum atomic E-state index is -3.16. The fourth-order valence-electron chi connectivity index (χ4n) is 4.22. The van der Waals surface area contributed by atoms with Gasteiger partial charge in [0.25, 0.3) is 5.91 Å². The molecule has 192 valence electrons. The minimum absolute atomic E-state index is 0.0444. The molecule has 35 heavy (non-hydrogen) atoms. The van der Waals surface area contributed by atoms with Crippen LogP contribution in [0.3, 0.4) is 0 Å². The standard InChI is InChI=1S/C25H34ClN3O5S/c1-33-20-6-4-19(5-7-20)17-35(31,32)13-3-10-29-11-8-18(9-12-29)16-28-25(30)21-14-22(26)23(27)15-24(21)34-2/h4-7,14-15,18H,3,8-13,16-17,27H2,1-2H3,(H,28,30). The van der Waals surface area contributed by atoms with Crippen molar-refractivity contribution in [2.75, 3.05) is 51.9 Å². The van der Waals surface area contributed by atoms with E-state index in [1.54, 1.807) is 37.4 Å². The number of hydrogen-bond donors (Lipinski definition) is 2. The number of amides is 1. The van der Waals surface area contributed by atoms with Gasteiger partial charge in [-0.15, -0.1) is 0 Å². The number of carbonyl (C=O) groups excluding carboxylic acids is 1. The Morgan fingerprint density at radius 2 is 1.83 bits per heavy atom. The van der Waals surface area contributed by atoms with E-state index >= 15 is 0 Å². The molecule has 1 fully saturated rings. The van der Waals surface area contributed by atoms with E-state index in [1.807, 2.05) is 0 Å². The number of hydrogen-bond acceptors (Lipinski definition) is 7. The van der Waals surface area contributed by atoms with E-state index in [9.17, 15) is 13.2 Å². The SMILES string of the molecule is COc1ccc(CS(=O)(=O)CCCN2CCC(CNC(=O)c3cc(Cl)c(N)cc3OC)CC2)cc1. The second-order valence-electron chi connectivity index (χ2n) is 8.86. The van der Waals surface area contributed by atoms with E-state index in [1.165, 1.54) is 13.2 Å². The van der Waals surface area contributed by atoms with E-state index < -0.39 is 9.84 Å². The number of ether oxygens (including phenoxy) is 2. The number of nitrogen functional groups attached to an aromatic ring is 1. The van der Waals surface area contributed by atoms with Gasteiger partial charge in [-0.1, -0.05) is 23.7 Å². The number of carbonyl (C=O) groups is 1. The second-order valence-corrected chi connectivity index (χ2v) is 11.5. The molecule has 2 aromatic carbocycles. The second kappa shape index (κ2) is 12.5. The van der Waals surface area contributed by atoms with Crippen molar-refractivity contribution >= 4 is 33.0 Å². The van der Waals surface area contributed by atoms with E-state index in [2.05, 4.69) is 10.2 Å². The topological polar surface area (TPSA) is 111 Å². The van der Waals surface area contributed by atoms with Gasteiger partial charge in [0.1, 0.15) is 11.5 Å². The number of halogens is 1. The Morgan fingerprint density at radius 1 is 1.14 bits per heavy atom. The fraction of sp³-hybridized carbons (Fsp3) is 0.480. The zero-order valence-corrected chi connectivity index (χ0v) is 21.8. The monoisotopic (exact) mass is 523 g/mol. The average molecular weight is 524 g/mol. The molecule has 2 aromatic rings. The highest BCUT2D eigenvalue weighted by molar-refractivity contribution is 7.90. The molecule has 1 aliphatic rings. The predicted molar refractivity (Wildman–Crippen MR) is 139 cm³/mol. The Morgan fingerprint density at radius 3 is 2.46 bits per heavy atom. The molecule has 0 aromatic heterocycles. The summed E-state index contributed by atoms with van der Waals surface area (Å²) in [5, 5.41) is 3.29. The lowest BCUT2D eigenvalue weighted by atomic mass is 9.96. The molecule has 1 saturated heterocycles. The molecule has 0 saturated carbocycles. The van der Waals surface area contributed by atoms with Gasteiger partial charge in [0.15, 0.2) is 9.84 Å². The number of piperidine rings is 1. The largest absolute Gasteiger partial charge is 0.497 e. The number of likely N-dealkylation sites (tertiary alicyclic amines) is 1. The summed E-state index contributed by atoms with van der Waals surface area (Å²) in [4.78, 5) is 14.9. The molecule has 8 nitrogen and oxygen atoms in total. The maximum Gasteiger partial charge on any atom is 0.255 e. The van der Waals surface area contributed by atoms with Crippen LogP contribution in [0.1, 0.15) is 35.2 Å². The third-order valence-electron chi connectivity index (χ3n) is 6.30. The lowest BCUT2D eigenvalue weighted by Gasteiger charge is -2.32. The van der Waals surface area contributed by atoms with Crippen molar-refractivity contribution in [2.24, 2.45) is 5.92 Å². The molecule has 0 spiro atoms. The molecule has 0 unspecified atom stereocenters. The number of nitrogens with one attached hydrogen (secondary N) is 1. The molecule has 3 N–H and O–H groups in total. The van der Waals surface area contributed by atoms with Crippen molar-refractivity contribution in [3.05, 3.63) is 52.5 Å². The number of nitrogens with zero attached hydrogens (tertiary/aromatic N) is 1. The van der Waals surface area contributed by atoms with Gasteiger partial charge in [0.05, 0.1) is 42.0 Å². The van der Waals surface area contributed by atoms with Crippen molar-refractivity contribution < 1.29 is 22.7 Å². The Bertz CT molecular complexity index is 1100. The summed E-state index contributed by atoms with van der Waals surface area (Å²) in [6.45, 7) is 3.09. The lowest BCUT2D eigenvalue weighted by Crippen LogP contribution is -2.39. The van der Waals surface area contributed by atoms with Gasteiger partial charge in [-0.25, -0.2) is 8.42 Å². The molecule has 1 amide bonds. The summed E-state index contributed by atoms with van der Waals surface area (Å²) < 4.78 is 35.3. The fourth-order valence-corrected chi connectivity index (χ4v) is 5.80. The number of anilines is 1. The summed E-state index contributed by atoms with van der Waals surface area (Å²) in [5.74, 6) is 1.44. The molecule has 1 heterocycles. The Hall–Kier alpha value is -2.49. The van der Waals surface area contributed by atoms with Gasteiger partial charge < -0.3 is 25.4 Å². The van der Waals surface area contributed by atoms with Crippen molar-refractivity contribution in [2.45, 2.75) is 25.0 Å². The van der Waals surface area contributed by atoms with E-state index in [-0.39, 0.29) is 17.4 Å². The summed E-state index contributed by atoms with van der Waals surface area (Å²) in [5.41, 5.74) is 7.28. The summed E-state index contributed by atoms with van der Waals surface area (Å²) >= 11 is 6.06. The molecule has 3 rings (SSSR count). The van der Waals surface area contributed by atoms with Crippen LogP contribution in [0.2, 0.25) is 5.02 Å². The molecule has 1 aliphatic heterocycles. The highest BCUT2D eigenvalue weighted by Crippen LogP contribution is 2.29. The van der Waals surface area contributed by atoms with Gasteiger partial charge in [0, 0.05) is 12.6 Å². The third-order valence-corrected chi connectivity index (χ3v) is 8.31. The molecular weight excluding hydrogens is 490 g/mol. The number of benzene rings is 2. The predicted octanol–water partition coefficient (Wildman–Crippen LogP) is 3.39. The first-order valence-electron chi connectivity index (χ1n) is 11.7. The number of nitrogens with two attached hydrogens (primary N) is 1. The molecule has 0 bridgehead atoms. The van der Waals surface area contributed by atoms with Crippen LogP contribution in [-0.4, -0.2) is 65.4 Å². The Balaban J connectivity index is 1.38. The quantitative estimate of drug-likeness (QED) is 0.434. The molecule has 0 aliphatic carbocycles. The Kier molecular flexibility index (Phi) is 9.65. The van der Waals surface area contributed by atoms with Crippen LogP contribution in [-0.2, 0) is 15.6 Å². The van der Waals surface area contributed by atoms with Crippen molar-refractivity contribution in [3.63, 3.8) is 0 Å². The first-order valence-corrected chi connectivity index (χ1v) is 13.9. The summed E-state index contributed by atoms with van der Waals surface area (Å²) in [6, 6.07) is 10.2. The van der Waals surface area contributed by atoms with Gasteiger partial charge >= 0.3 is 0 Å². The molecular formula is C25H34ClN3O5S.